The second kappa shape index (κ2) is 6.18. The summed E-state index contributed by atoms with van der Waals surface area (Å²) in [6.45, 7) is 0.661. The summed E-state index contributed by atoms with van der Waals surface area (Å²) in [6, 6.07) is 0. The number of hydrogen-bond acceptors (Lipinski definition) is 2. The number of carbonyl (C=O) groups excluding carboxylic acids is 2. The molecule has 2 fully saturated rings. The van der Waals surface area contributed by atoms with Gasteiger partial charge in [-0.05, 0) is 25.7 Å². The van der Waals surface area contributed by atoms with Crippen molar-refractivity contribution < 1.29 is 9.59 Å². The second-order valence-corrected chi connectivity index (χ2v) is 5.38. The van der Waals surface area contributed by atoms with E-state index >= 15 is 0 Å². The molecule has 1 aliphatic heterocycles. The molecule has 1 saturated heterocycles. The van der Waals surface area contributed by atoms with E-state index in [0.29, 0.717) is 13.0 Å². The minimum absolute atomic E-state index is 0.0697. The molecule has 0 atom stereocenters. The maximum Gasteiger partial charge on any atom is 0.232 e. The van der Waals surface area contributed by atoms with Gasteiger partial charge in [-0.3, -0.25) is 14.5 Å². The Kier molecular flexibility index (Phi) is 4.57. The molecule has 17 heavy (non-hydrogen) atoms. The predicted octanol–water partition coefficient (Wildman–Crippen LogP) is 2.89. The minimum Gasteiger partial charge on any atom is -0.282 e. The summed E-state index contributed by atoms with van der Waals surface area (Å²) < 4.78 is 0. The molecule has 0 spiro atoms. The first-order valence-corrected chi connectivity index (χ1v) is 7.13. The Balaban J connectivity index is 1.96. The smallest absolute Gasteiger partial charge is 0.232 e. The van der Waals surface area contributed by atoms with Gasteiger partial charge in [0.05, 0.1) is 0 Å². The molecule has 1 aliphatic carbocycles. The zero-order valence-corrected chi connectivity index (χ0v) is 10.6. The van der Waals surface area contributed by atoms with E-state index in [2.05, 4.69) is 0 Å². The summed E-state index contributed by atoms with van der Waals surface area (Å²) in [4.78, 5) is 25.9. The first-order valence-electron chi connectivity index (χ1n) is 7.13. The summed E-state index contributed by atoms with van der Waals surface area (Å²) in [7, 11) is 0. The van der Waals surface area contributed by atoms with Crippen LogP contribution in [0.3, 0.4) is 0 Å². The third-order valence-corrected chi connectivity index (χ3v) is 4.04. The SMILES string of the molecule is O=C1CCCCCCN1C(=O)C1CCCCC1. The van der Waals surface area contributed by atoms with Gasteiger partial charge in [0, 0.05) is 18.9 Å². The molecule has 1 heterocycles. The van der Waals surface area contributed by atoms with E-state index in [-0.39, 0.29) is 17.7 Å². The molecule has 3 nitrogen and oxygen atoms in total. The molecular formula is C14H23NO2. The Hall–Kier alpha value is -0.860. The van der Waals surface area contributed by atoms with Crippen LogP contribution in [0.2, 0.25) is 0 Å². The van der Waals surface area contributed by atoms with Crippen LogP contribution < -0.4 is 0 Å². The van der Waals surface area contributed by atoms with E-state index in [1.54, 1.807) is 4.90 Å². The predicted molar refractivity (Wildman–Crippen MR) is 66.4 cm³/mol. The molecule has 0 radical (unpaired) electrons. The third-order valence-electron chi connectivity index (χ3n) is 4.04. The molecule has 0 bridgehead atoms. The average Bonchev–Trinajstić information content (AvgIpc) is 2.35. The van der Waals surface area contributed by atoms with Crippen LogP contribution in [-0.2, 0) is 9.59 Å². The number of rotatable bonds is 1. The molecule has 0 aromatic rings. The lowest BCUT2D eigenvalue weighted by molar-refractivity contribution is -0.148. The number of imide groups is 1. The number of likely N-dealkylation sites (tertiary alicyclic amines) is 1. The monoisotopic (exact) mass is 237 g/mol. The molecular weight excluding hydrogens is 214 g/mol. The summed E-state index contributed by atoms with van der Waals surface area (Å²) in [5, 5.41) is 0. The molecule has 0 aromatic carbocycles. The van der Waals surface area contributed by atoms with Crippen molar-refractivity contribution in [2.24, 2.45) is 5.92 Å². The van der Waals surface area contributed by atoms with Gasteiger partial charge in [-0.2, -0.15) is 0 Å². The summed E-state index contributed by atoms with van der Waals surface area (Å²) in [5.74, 6) is 0.323. The maximum atomic E-state index is 12.3. The van der Waals surface area contributed by atoms with Crippen LogP contribution in [0.1, 0.15) is 64.2 Å². The minimum atomic E-state index is 0.0697. The van der Waals surface area contributed by atoms with Gasteiger partial charge in [-0.1, -0.05) is 32.1 Å². The van der Waals surface area contributed by atoms with Gasteiger partial charge in [-0.25, -0.2) is 0 Å². The Morgan fingerprint density at radius 3 is 2.35 bits per heavy atom. The number of nitrogens with zero attached hydrogens (tertiary/aromatic N) is 1. The molecule has 0 N–H and O–H groups in total. The van der Waals surface area contributed by atoms with Gasteiger partial charge >= 0.3 is 0 Å². The largest absolute Gasteiger partial charge is 0.282 e. The van der Waals surface area contributed by atoms with Crippen molar-refractivity contribution in [1.29, 1.82) is 0 Å². The normalized spacial score (nSPS) is 24.2. The first kappa shape index (κ1) is 12.6. The van der Waals surface area contributed by atoms with Gasteiger partial charge in [0.25, 0.3) is 0 Å². The van der Waals surface area contributed by atoms with Crippen molar-refractivity contribution in [2.45, 2.75) is 64.2 Å². The number of amides is 2. The van der Waals surface area contributed by atoms with Crippen molar-refractivity contribution >= 4 is 11.8 Å². The van der Waals surface area contributed by atoms with Crippen LogP contribution in [0.25, 0.3) is 0 Å². The van der Waals surface area contributed by atoms with E-state index in [9.17, 15) is 9.59 Å². The molecule has 2 aliphatic rings. The van der Waals surface area contributed by atoms with E-state index in [1.165, 1.54) is 6.42 Å². The Morgan fingerprint density at radius 1 is 0.941 bits per heavy atom. The average molecular weight is 237 g/mol. The van der Waals surface area contributed by atoms with Crippen molar-refractivity contribution in [1.82, 2.24) is 4.90 Å². The molecule has 2 rings (SSSR count). The van der Waals surface area contributed by atoms with Crippen LogP contribution in [0, 0.1) is 5.92 Å². The topological polar surface area (TPSA) is 37.4 Å². The zero-order chi connectivity index (χ0) is 12.1. The van der Waals surface area contributed by atoms with Crippen LogP contribution in [-0.4, -0.2) is 23.3 Å². The Bertz CT molecular complexity index is 282. The highest BCUT2D eigenvalue weighted by Gasteiger charge is 2.29. The summed E-state index contributed by atoms with van der Waals surface area (Å²) >= 11 is 0. The zero-order valence-electron chi connectivity index (χ0n) is 10.6. The van der Waals surface area contributed by atoms with E-state index < -0.39 is 0 Å². The fraction of sp³-hybridized carbons (Fsp3) is 0.857. The molecule has 0 unspecified atom stereocenters. The van der Waals surface area contributed by atoms with Gasteiger partial charge < -0.3 is 0 Å². The van der Waals surface area contributed by atoms with Crippen LogP contribution >= 0.6 is 0 Å². The Morgan fingerprint density at radius 2 is 1.59 bits per heavy atom. The summed E-state index contributed by atoms with van der Waals surface area (Å²) in [5.41, 5.74) is 0. The van der Waals surface area contributed by atoms with Gasteiger partial charge in [0.15, 0.2) is 0 Å². The highest BCUT2D eigenvalue weighted by molar-refractivity contribution is 5.96. The second-order valence-electron chi connectivity index (χ2n) is 5.38. The van der Waals surface area contributed by atoms with Crippen molar-refractivity contribution in [3.05, 3.63) is 0 Å². The third kappa shape index (κ3) is 3.30. The standard InChI is InChI=1S/C14H23NO2/c16-13-10-6-1-2-7-11-15(13)14(17)12-8-4-3-5-9-12/h12H,1-11H2. The lowest BCUT2D eigenvalue weighted by Crippen LogP contribution is -2.42. The van der Waals surface area contributed by atoms with Crippen LogP contribution in [0.5, 0.6) is 0 Å². The quantitative estimate of drug-likeness (QED) is 0.658. The van der Waals surface area contributed by atoms with E-state index in [4.69, 9.17) is 0 Å². The van der Waals surface area contributed by atoms with Crippen molar-refractivity contribution in [3.8, 4) is 0 Å². The molecule has 1 saturated carbocycles. The van der Waals surface area contributed by atoms with Crippen molar-refractivity contribution in [2.75, 3.05) is 6.54 Å². The number of carbonyl (C=O) groups is 2. The fourth-order valence-corrected chi connectivity index (χ4v) is 2.96. The maximum absolute atomic E-state index is 12.3. The molecule has 3 heteroatoms. The van der Waals surface area contributed by atoms with E-state index in [0.717, 1.165) is 51.4 Å². The Labute approximate surface area is 104 Å². The highest BCUT2D eigenvalue weighted by atomic mass is 16.2. The van der Waals surface area contributed by atoms with Crippen LogP contribution in [0.15, 0.2) is 0 Å². The van der Waals surface area contributed by atoms with Crippen molar-refractivity contribution in [3.63, 3.8) is 0 Å². The van der Waals surface area contributed by atoms with Gasteiger partial charge in [0.2, 0.25) is 11.8 Å². The molecule has 0 aromatic heterocycles. The lowest BCUT2D eigenvalue weighted by atomic mass is 9.88. The highest BCUT2D eigenvalue weighted by Crippen LogP contribution is 2.26. The van der Waals surface area contributed by atoms with Gasteiger partial charge in [-0.15, -0.1) is 0 Å². The fourth-order valence-electron chi connectivity index (χ4n) is 2.96. The molecule has 2 amide bonds. The summed E-state index contributed by atoms with van der Waals surface area (Å²) in [6.07, 6.45) is 10.3. The number of hydrogen-bond donors (Lipinski definition) is 0. The van der Waals surface area contributed by atoms with Crippen LogP contribution in [0.4, 0.5) is 0 Å². The first-order chi connectivity index (χ1) is 8.29. The van der Waals surface area contributed by atoms with Gasteiger partial charge in [0.1, 0.15) is 0 Å². The lowest BCUT2D eigenvalue weighted by Gasteiger charge is -2.29. The van der Waals surface area contributed by atoms with E-state index in [1.807, 2.05) is 0 Å². The molecule has 96 valence electrons.